The minimum atomic E-state index is 0.646. The number of nitrogens with one attached hydrogen (secondary N) is 2. The zero-order valence-corrected chi connectivity index (χ0v) is 10.9. The van der Waals surface area contributed by atoms with Gasteiger partial charge in [0.25, 0.3) is 0 Å². The predicted octanol–water partition coefficient (Wildman–Crippen LogP) is 2.65. The molecule has 0 atom stereocenters. The van der Waals surface area contributed by atoms with Crippen molar-refractivity contribution in [1.29, 1.82) is 5.26 Å². The molecule has 0 spiro atoms. The van der Waals surface area contributed by atoms with Crippen LogP contribution in [0.25, 0.3) is 0 Å². The Balaban J connectivity index is 1.84. The maximum Gasteiger partial charge on any atom is 0.128 e. The fourth-order valence-electron chi connectivity index (χ4n) is 2.17. The van der Waals surface area contributed by atoms with Crippen LogP contribution in [0.4, 0.5) is 11.4 Å². The monoisotopic (exact) mass is 262 g/mol. The molecular weight excluding hydrogens is 248 g/mol. The smallest absolute Gasteiger partial charge is 0.128 e. The molecule has 2 aromatic rings. The summed E-state index contributed by atoms with van der Waals surface area (Å²) in [5.74, 6) is 0.944. The SMILES string of the molecule is N#Cc1cccc(Nc2cccc(C3=NCCN3)c2)c1. The fourth-order valence-corrected chi connectivity index (χ4v) is 2.17. The number of benzene rings is 2. The molecule has 98 valence electrons. The third kappa shape index (κ3) is 2.62. The molecule has 0 bridgehead atoms. The molecular formula is C16H14N4. The summed E-state index contributed by atoms with van der Waals surface area (Å²) in [6, 6.07) is 17.7. The van der Waals surface area contributed by atoms with E-state index in [1.807, 2.05) is 36.4 Å². The average Bonchev–Trinajstić information content (AvgIpc) is 3.02. The second kappa shape index (κ2) is 5.45. The van der Waals surface area contributed by atoms with Gasteiger partial charge in [-0.05, 0) is 30.3 Å². The van der Waals surface area contributed by atoms with E-state index in [4.69, 9.17) is 5.26 Å². The minimum absolute atomic E-state index is 0.646. The van der Waals surface area contributed by atoms with E-state index in [0.717, 1.165) is 35.9 Å². The number of amidine groups is 1. The zero-order valence-electron chi connectivity index (χ0n) is 10.9. The van der Waals surface area contributed by atoms with Gasteiger partial charge in [0.1, 0.15) is 5.84 Å². The second-order valence-electron chi connectivity index (χ2n) is 4.56. The molecule has 0 aliphatic carbocycles. The minimum Gasteiger partial charge on any atom is -0.368 e. The number of nitrogens with zero attached hydrogens (tertiary/aromatic N) is 2. The Morgan fingerprint density at radius 1 is 1.10 bits per heavy atom. The summed E-state index contributed by atoms with van der Waals surface area (Å²) in [6.45, 7) is 1.73. The topological polar surface area (TPSA) is 60.2 Å². The van der Waals surface area contributed by atoms with Crippen LogP contribution in [0.15, 0.2) is 53.5 Å². The highest BCUT2D eigenvalue weighted by molar-refractivity contribution is 6.00. The first-order chi connectivity index (χ1) is 9.85. The number of anilines is 2. The number of nitriles is 1. The molecule has 1 aliphatic heterocycles. The fraction of sp³-hybridized carbons (Fsp3) is 0.125. The Kier molecular flexibility index (Phi) is 3.34. The number of aliphatic imine (C=N–C) groups is 1. The largest absolute Gasteiger partial charge is 0.368 e. The average molecular weight is 262 g/mol. The van der Waals surface area contributed by atoms with Gasteiger partial charge in [-0.25, -0.2) is 0 Å². The molecule has 2 N–H and O–H groups in total. The molecule has 20 heavy (non-hydrogen) atoms. The van der Waals surface area contributed by atoms with E-state index < -0.39 is 0 Å². The quantitative estimate of drug-likeness (QED) is 0.894. The lowest BCUT2D eigenvalue weighted by molar-refractivity contribution is 0.960. The summed E-state index contributed by atoms with van der Waals surface area (Å²) in [4.78, 5) is 4.42. The van der Waals surface area contributed by atoms with Crippen molar-refractivity contribution in [3.63, 3.8) is 0 Å². The number of hydrogen-bond acceptors (Lipinski definition) is 4. The molecule has 3 rings (SSSR count). The maximum atomic E-state index is 8.91. The van der Waals surface area contributed by atoms with Crippen molar-refractivity contribution in [2.75, 3.05) is 18.4 Å². The van der Waals surface area contributed by atoms with Crippen LogP contribution in [0.2, 0.25) is 0 Å². The third-order valence-electron chi connectivity index (χ3n) is 3.09. The molecule has 0 aromatic heterocycles. The van der Waals surface area contributed by atoms with Crippen molar-refractivity contribution in [3.05, 3.63) is 59.7 Å². The van der Waals surface area contributed by atoms with Gasteiger partial charge in [0.2, 0.25) is 0 Å². The first-order valence-corrected chi connectivity index (χ1v) is 6.51. The maximum absolute atomic E-state index is 8.91. The van der Waals surface area contributed by atoms with Gasteiger partial charge in [0.15, 0.2) is 0 Å². The van der Waals surface area contributed by atoms with Gasteiger partial charge in [-0.15, -0.1) is 0 Å². The van der Waals surface area contributed by atoms with Gasteiger partial charge < -0.3 is 10.6 Å². The predicted molar refractivity (Wildman–Crippen MR) is 80.3 cm³/mol. The van der Waals surface area contributed by atoms with E-state index in [2.05, 4.69) is 27.8 Å². The van der Waals surface area contributed by atoms with E-state index in [1.165, 1.54) is 0 Å². The highest BCUT2D eigenvalue weighted by Gasteiger charge is 2.08. The molecule has 0 unspecified atom stereocenters. The van der Waals surface area contributed by atoms with Crippen LogP contribution in [0.1, 0.15) is 11.1 Å². The lowest BCUT2D eigenvalue weighted by Gasteiger charge is -2.09. The molecule has 1 aliphatic rings. The van der Waals surface area contributed by atoms with Crippen molar-refractivity contribution < 1.29 is 0 Å². The van der Waals surface area contributed by atoms with Crippen LogP contribution in [0.5, 0.6) is 0 Å². The van der Waals surface area contributed by atoms with Gasteiger partial charge in [0.05, 0.1) is 18.2 Å². The summed E-state index contributed by atoms with van der Waals surface area (Å²) in [6.07, 6.45) is 0. The van der Waals surface area contributed by atoms with Crippen LogP contribution >= 0.6 is 0 Å². The summed E-state index contributed by atoms with van der Waals surface area (Å²) >= 11 is 0. The van der Waals surface area contributed by atoms with E-state index in [0.29, 0.717) is 5.56 Å². The summed E-state index contributed by atoms with van der Waals surface area (Å²) in [5, 5.41) is 15.5. The lowest BCUT2D eigenvalue weighted by Crippen LogP contribution is -2.19. The zero-order chi connectivity index (χ0) is 13.8. The number of rotatable bonds is 3. The molecule has 1 heterocycles. The van der Waals surface area contributed by atoms with Crippen LogP contribution in [-0.4, -0.2) is 18.9 Å². The molecule has 4 nitrogen and oxygen atoms in total. The molecule has 0 radical (unpaired) electrons. The van der Waals surface area contributed by atoms with E-state index in [1.54, 1.807) is 6.07 Å². The van der Waals surface area contributed by atoms with Gasteiger partial charge in [-0.3, -0.25) is 4.99 Å². The Hall–Kier alpha value is -2.80. The van der Waals surface area contributed by atoms with E-state index in [-0.39, 0.29) is 0 Å². The Labute approximate surface area is 117 Å². The van der Waals surface area contributed by atoms with Gasteiger partial charge in [-0.2, -0.15) is 5.26 Å². The molecule has 0 fully saturated rings. The molecule has 2 aromatic carbocycles. The first-order valence-electron chi connectivity index (χ1n) is 6.51. The highest BCUT2D eigenvalue weighted by atomic mass is 15.1. The first kappa shape index (κ1) is 12.2. The van der Waals surface area contributed by atoms with Crippen molar-refractivity contribution in [1.82, 2.24) is 5.32 Å². The van der Waals surface area contributed by atoms with Crippen LogP contribution < -0.4 is 10.6 Å². The van der Waals surface area contributed by atoms with Crippen LogP contribution in [0, 0.1) is 11.3 Å². The van der Waals surface area contributed by atoms with Crippen molar-refractivity contribution in [2.45, 2.75) is 0 Å². The summed E-state index contributed by atoms with van der Waals surface area (Å²) < 4.78 is 0. The second-order valence-corrected chi connectivity index (χ2v) is 4.56. The number of hydrogen-bond donors (Lipinski definition) is 2. The van der Waals surface area contributed by atoms with Gasteiger partial charge in [0, 0.05) is 23.5 Å². The standard InChI is InChI=1S/C16H14N4/c17-11-12-3-1-5-14(9-12)20-15-6-2-4-13(10-15)16-18-7-8-19-16/h1-6,9-10,20H,7-8H2,(H,18,19). The van der Waals surface area contributed by atoms with E-state index in [9.17, 15) is 0 Å². The Bertz CT molecular complexity index is 698. The summed E-state index contributed by atoms with van der Waals surface area (Å²) in [7, 11) is 0. The normalized spacial score (nSPS) is 13.2. The third-order valence-corrected chi connectivity index (χ3v) is 3.09. The van der Waals surface area contributed by atoms with Crippen LogP contribution in [0.3, 0.4) is 0 Å². The van der Waals surface area contributed by atoms with Crippen molar-refractivity contribution in [3.8, 4) is 6.07 Å². The molecule has 0 saturated heterocycles. The summed E-state index contributed by atoms with van der Waals surface area (Å²) in [5.41, 5.74) is 3.61. The van der Waals surface area contributed by atoms with E-state index >= 15 is 0 Å². The highest BCUT2D eigenvalue weighted by Crippen LogP contribution is 2.19. The molecule has 4 heteroatoms. The van der Waals surface area contributed by atoms with Crippen LogP contribution in [-0.2, 0) is 0 Å². The Morgan fingerprint density at radius 3 is 2.65 bits per heavy atom. The van der Waals surface area contributed by atoms with Crippen molar-refractivity contribution in [2.24, 2.45) is 4.99 Å². The van der Waals surface area contributed by atoms with Gasteiger partial charge in [-0.1, -0.05) is 18.2 Å². The van der Waals surface area contributed by atoms with Crippen molar-refractivity contribution >= 4 is 17.2 Å². The molecule has 0 amide bonds. The van der Waals surface area contributed by atoms with Gasteiger partial charge >= 0.3 is 0 Å². The lowest BCUT2D eigenvalue weighted by atomic mass is 10.1. The Morgan fingerprint density at radius 2 is 1.90 bits per heavy atom. The molecule has 0 saturated carbocycles.